The van der Waals surface area contributed by atoms with Crippen LogP contribution in [0.3, 0.4) is 0 Å². The summed E-state index contributed by atoms with van der Waals surface area (Å²) >= 11 is 3.33. The number of halogens is 1. The van der Waals surface area contributed by atoms with Crippen LogP contribution in [-0.4, -0.2) is 6.54 Å². The second-order valence-electron chi connectivity index (χ2n) is 4.68. The van der Waals surface area contributed by atoms with Crippen molar-refractivity contribution in [1.29, 1.82) is 0 Å². The van der Waals surface area contributed by atoms with Crippen LogP contribution in [0.15, 0.2) is 32.9 Å². The second-order valence-corrected chi connectivity index (χ2v) is 5.46. The third kappa shape index (κ3) is 4.00. The van der Waals surface area contributed by atoms with Crippen LogP contribution in [-0.2, 0) is 0 Å². The molecule has 0 fully saturated rings. The Morgan fingerprint density at radius 2 is 2.29 bits per heavy atom. The Morgan fingerprint density at radius 1 is 1.41 bits per heavy atom. The third-order valence-electron chi connectivity index (χ3n) is 3.30. The predicted octanol–water partition coefficient (Wildman–Crippen LogP) is 4.58. The summed E-state index contributed by atoms with van der Waals surface area (Å²) in [6, 6.07) is 4.24. The van der Waals surface area contributed by atoms with Gasteiger partial charge < -0.3 is 9.73 Å². The van der Waals surface area contributed by atoms with Crippen molar-refractivity contribution >= 4 is 15.9 Å². The van der Waals surface area contributed by atoms with Gasteiger partial charge in [0.1, 0.15) is 5.76 Å². The first kappa shape index (κ1) is 12.9. The van der Waals surface area contributed by atoms with Gasteiger partial charge >= 0.3 is 0 Å². The Balaban J connectivity index is 1.73. The molecule has 0 radical (unpaired) electrons. The molecule has 1 N–H and O–H groups in total. The van der Waals surface area contributed by atoms with Gasteiger partial charge in [0.2, 0.25) is 0 Å². The molecule has 3 heteroatoms. The largest absolute Gasteiger partial charge is 0.453 e. The second kappa shape index (κ2) is 6.41. The quantitative estimate of drug-likeness (QED) is 0.805. The van der Waals surface area contributed by atoms with Crippen molar-refractivity contribution in [2.24, 2.45) is 0 Å². The maximum atomic E-state index is 5.53. The Labute approximate surface area is 112 Å². The van der Waals surface area contributed by atoms with E-state index in [0.717, 1.165) is 17.0 Å². The SMILES string of the molecule is CC(NCCC1=CCCCC1)c1ccc(Br)o1. The van der Waals surface area contributed by atoms with Gasteiger partial charge in [-0.05, 0) is 73.6 Å². The van der Waals surface area contributed by atoms with E-state index in [0.29, 0.717) is 0 Å². The lowest BCUT2D eigenvalue weighted by atomic mass is 9.97. The highest BCUT2D eigenvalue weighted by Crippen LogP contribution is 2.22. The Hall–Kier alpha value is -0.540. The highest BCUT2D eigenvalue weighted by molar-refractivity contribution is 9.10. The Bertz CT molecular complexity index is 383. The third-order valence-corrected chi connectivity index (χ3v) is 3.73. The lowest BCUT2D eigenvalue weighted by Gasteiger charge is -2.15. The van der Waals surface area contributed by atoms with Gasteiger partial charge in [0.15, 0.2) is 4.67 Å². The fourth-order valence-electron chi connectivity index (χ4n) is 2.24. The summed E-state index contributed by atoms with van der Waals surface area (Å²) < 4.78 is 6.33. The molecule has 0 aliphatic heterocycles. The van der Waals surface area contributed by atoms with Crippen LogP contribution in [0.4, 0.5) is 0 Å². The first-order valence-corrected chi connectivity index (χ1v) is 7.21. The number of nitrogens with one attached hydrogen (secondary N) is 1. The lowest BCUT2D eigenvalue weighted by Crippen LogP contribution is -2.20. The van der Waals surface area contributed by atoms with Crippen LogP contribution in [0.2, 0.25) is 0 Å². The molecule has 0 aromatic carbocycles. The molecule has 1 aromatic heterocycles. The van der Waals surface area contributed by atoms with Crippen molar-refractivity contribution < 1.29 is 4.42 Å². The molecular weight excluding hydrogens is 278 g/mol. The number of furan rings is 1. The zero-order chi connectivity index (χ0) is 12.1. The summed E-state index contributed by atoms with van der Waals surface area (Å²) in [5, 5.41) is 3.50. The highest BCUT2D eigenvalue weighted by atomic mass is 79.9. The summed E-state index contributed by atoms with van der Waals surface area (Å²) in [6.45, 7) is 3.17. The van der Waals surface area contributed by atoms with Gasteiger partial charge in [-0.1, -0.05) is 11.6 Å². The van der Waals surface area contributed by atoms with Gasteiger partial charge in [0.25, 0.3) is 0 Å². The lowest BCUT2D eigenvalue weighted by molar-refractivity contribution is 0.419. The smallest absolute Gasteiger partial charge is 0.169 e. The van der Waals surface area contributed by atoms with Crippen LogP contribution in [0.1, 0.15) is 50.8 Å². The average molecular weight is 298 g/mol. The van der Waals surface area contributed by atoms with Crippen molar-refractivity contribution in [1.82, 2.24) is 5.32 Å². The van der Waals surface area contributed by atoms with E-state index in [1.165, 1.54) is 32.1 Å². The van der Waals surface area contributed by atoms with E-state index in [-0.39, 0.29) is 6.04 Å². The first-order chi connectivity index (χ1) is 8.25. The summed E-state index contributed by atoms with van der Waals surface area (Å²) in [4.78, 5) is 0. The molecule has 2 rings (SSSR count). The number of hydrogen-bond donors (Lipinski definition) is 1. The normalized spacial score (nSPS) is 17.9. The zero-order valence-corrected chi connectivity index (χ0v) is 11.9. The first-order valence-electron chi connectivity index (χ1n) is 6.42. The monoisotopic (exact) mass is 297 g/mol. The minimum atomic E-state index is 0.283. The van der Waals surface area contributed by atoms with Crippen LogP contribution >= 0.6 is 15.9 Å². The molecule has 0 amide bonds. The molecule has 1 aromatic rings. The summed E-state index contributed by atoms with van der Waals surface area (Å²) in [5.41, 5.74) is 1.62. The minimum absolute atomic E-state index is 0.283. The highest BCUT2D eigenvalue weighted by Gasteiger charge is 2.09. The average Bonchev–Trinajstić information content (AvgIpc) is 2.77. The number of hydrogen-bond acceptors (Lipinski definition) is 2. The summed E-state index contributed by atoms with van der Waals surface area (Å²) in [6.07, 6.45) is 8.89. The molecule has 17 heavy (non-hydrogen) atoms. The van der Waals surface area contributed by atoms with Gasteiger partial charge in [-0.15, -0.1) is 0 Å². The molecule has 94 valence electrons. The van der Waals surface area contributed by atoms with Gasteiger partial charge in [-0.25, -0.2) is 0 Å². The fourth-order valence-corrected chi connectivity index (χ4v) is 2.56. The topological polar surface area (TPSA) is 25.2 Å². The fraction of sp³-hybridized carbons (Fsp3) is 0.571. The molecule has 0 saturated carbocycles. The van der Waals surface area contributed by atoms with Crippen molar-refractivity contribution in [3.63, 3.8) is 0 Å². The molecule has 0 spiro atoms. The molecule has 2 nitrogen and oxygen atoms in total. The van der Waals surface area contributed by atoms with Gasteiger partial charge in [0, 0.05) is 0 Å². The maximum Gasteiger partial charge on any atom is 0.169 e. The van der Waals surface area contributed by atoms with Gasteiger partial charge in [-0.3, -0.25) is 0 Å². The Kier molecular flexibility index (Phi) is 4.86. The molecule has 1 atom stereocenters. The standard InChI is InChI=1S/C14H20BrNO/c1-11(13-7-8-14(15)17-13)16-10-9-12-5-3-2-4-6-12/h5,7-8,11,16H,2-4,6,9-10H2,1H3. The van der Waals surface area contributed by atoms with Crippen LogP contribution in [0, 0.1) is 0 Å². The van der Waals surface area contributed by atoms with E-state index in [1.807, 2.05) is 12.1 Å². The maximum absolute atomic E-state index is 5.53. The van der Waals surface area contributed by atoms with E-state index in [1.54, 1.807) is 5.57 Å². The summed E-state index contributed by atoms with van der Waals surface area (Å²) in [5.74, 6) is 0.995. The minimum Gasteiger partial charge on any atom is -0.453 e. The molecular formula is C14H20BrNO. The van der Waals surface area contributed by atoms with Crippen LogP contribution in [0.5, 0.6) is 0 Å². The van der Waals surface area contributed by atoms with E-state index in [9.17, 15) is 0 Å². The van der Waals surface area contributed by atoms with Crippen molar-refractivity contribution in [2.45, 2.75) is 45.1 Å². The number of allylic oxidation sites excluding steroid dienone is 1. The van der Waals surface area contributed by atoms with Gasteiger partial charge in [-0.2, -0.15) is 0 Å². The number of rotatable bonds is 5. The molecule has 0 saturated heterocycles. The van der Waals surface area contributed by atoms with E-state index < -0.39 is 0 Å². The molecule has 0 bridgehead atoms. The molecule has 1 unspecified atom stereocenters. The molecule has 1 aliphatic rings. The Morgan fingerprint density at radius 3 is 2.94 bits per heavy atom. The molecule has 1 aliphatic carbocycles. The van der Waals surface area contributed by atoms with Crippen LogP contribution in [0.25, 0.3) is 0 Å². The van der Waals surface area contributed by atoms with Crippen LogP contribution < -0.4 is 5.32 Å². The summed E-state index contributed by atoms with van der Waals surface area (Å²) in [7, 11) is 0. The van der Waals surface area contributed by atoms with Crippen molar-refractivity contribution in [2.75, 3.05) is 6.54 Å². The van der Waals surface area contributed by atoms with E-state index >= 15 is 0 Å². The molecule has 1 heterocycles. The predicted molar refractivity (Wildman–Crippen MR) is 74.0 cm³/mol. The van der Waals surface area contributed by atoms with Crippen molar-refractivity contribution in [3.8, 4) is 0 Å². The zero-order valence-electron chi connectivity index (χ0n) is 10.3. The van der Waals surface area contributed by atoms with Crippen molar-refractivity contribution in [3.05, 3.63) is 34.2 Å². The van der Waals surface area contributed by atoms with Gasteiger partial charge in [0.05, 0.1) is 6.04 Å². The van der Waals surface area contributed by atoms with E-state index in [2.05, 4.69) is 34.2 Å². The van der Waals surface area contributed by atoms with E-state index in [4.69, 9.17) is 4.42 Å².